The molecule has 0 aliphatic rings. The molecule has 0 saturated carbocycles. The summed E-state index contributed by atoms with van der Waals surface area (Å²) in [5.41, 5.74) is 1.41. The zero-order valence-electron chi connectivity index (χ0n) is 21.3. The SMILES string of the molecule is CCOC(=O)C[C@H](C(=O)OCC)[C@@H](NC(=O)[C@@H](Cc1ccccc1)NC(=O)OCc1ccccc1)C(=O)O. The number of benzene rings is 2. The number of carbonyl (C=O) groups is 5. The number of ether oxygens (including phenoxy) is 3. The van der Waals surface area contributed by atoms with Gasteiger partial charge in [0.25, 0.3) is 0 Å². The van der Waals surface area contributed by atoms with Crippen LogP contribution in [0.1, 0.15) is 31.4 Å². The average molecular weight is 529 g/mol. The summed E-state index contributed by atoms with van der Waals surface area (Å²) in [7, 11) is 0. The molecule has 11 nitrogen and oxygen atoms in total. The zero-order valence-corrected chi connectivity index (χ0v) is 21.3. The molecule has 0 heterocycles. The van der Waals surface area contributed by atoms with E-state index in [1.54, 1.807) is 61.5 Å². The second-order valence-electron chi connectivity index (χ2n) is 8.14. The Labute approximate surface area is 220 Å². The topological polar surface area (TPSA) is 157 Å². The molecule has 0 spiro atoms. The van der Waals surface area contributed by atoms with E-state index < -0.39 is 54.3 Å². The van der Waals surface area contributed by atoms with E-state index in [9.17, 15) is 29.1 Å². The minimum Gasteiger partial charge on any atom is -0.480 e. The molecule has 0 saturated heterocycles. The van der Waals surface area contributed by atoms with Gasteiger partial charge >= 0.3 is 24.0 Å². The van der Waals surface area contributed by atoms with Crippen molar-refractivity contribution in [2.75, 3.05) is 13.2 Å². The number of alkyl carbamates (subject to hydrolysis) is 1. The van der Waals surface area contributed by atoms with Crippen molar-refractivity contribution in [3.63, 3.8) is 0 Å². The summed E-state index contributed by atoms with van der Waals surface area (Å²) < 4.78 is 15.0. The highest BCUT2D eigenvalue weighted by molar-refractivity contribution is 5.93. The summed E-state index contributed by atoms with van der Waals surface area (Å²) in [6.45, 7) is 2.99. The molecule has 0 fully saturated rings. The van der Waals surface area contributed by atoms with Crippen LogP contribution >= 0.6 is 0 Å². The molecule has 204 valence electrons. The van der Waals surface area contributed by atoms with Gasteiger partial charge in [-0.15, -0.1) is 0 Å². The fourth-order valence-electron chi connectivity index (χ4n) is 3.54. The van der Waals surface area contributed by atoms with Gasteiger partial charge in [0.2, 0.25) is 5.91 Å². The van der Waals surface area contributed by atoms with E-state index in [0.717, 1.165) is 5.56 Å². The van der Waals surface area contributed by atoms with Crippen LogP contribution in [0.4, 0.5) is 4.79 Å². The van der Waals surface area contributed by atoms with Crippen LogP contribution in [-0.2, 0) is 46.4 Å². The van der Waals surface area contributed by atoms with E-state index in [0.29, 0.717) is 5.56 Å². The normalized spacial score (nSPS) is 12.8. The molecule has 0 bridgehead atoms. The van der Waals surface area contributed by atoms with Gasteiger partial charge in [-0.05, 0) is 25.0 Å². The number of hydrogen-bond donors (Lipinski definition) is 3. The van der Waals surface area contributed by atoms with E-state index in [1.807, 2.05) is 6.07 Å². The van der Waals surface area contributed by atoms with Gasteiger partial charge in [-0.2, -0.15) is 0 Å². The first kappa shape index (κ1) is 29.8. The Hall–Kier alpha value is -4.41. The van der Waals surface area contributed by atoms with E-state index in [4.69, 9.17) is 14.2 Å². The van der Waals surface area contributed by atoms with Crippen molar-refractivity contribution in [3.05, 3.63) is 71.8 Å². The van der Waals surface area contributed by atoms with Crippen LogP contribution in [0.25, 0.3) is 0 Å². The van der Waals surface area contributed by atoms with Gasteiger partial charge in [-0.3, -0.25) is 14.4 Å². The quantitative estimate of drug-likeness (QED) is 0.247. The van der Waals surface area contributed by atoms with Crippen LogP contribution in [0.3, 0.4) is 0 Å². The Morgan fingerprint density at radius 2 is 1.37 bits per heavy atom. The fraction of sp³-hybridized carbons (Fsp3) is 0.370. The third-order valence-electron chi connectivity index (χ3n) is 5.35. The molecule has 2 aromatic rings. The minimum atomic E-state index is -1.83. The van der Waals surface area contributed by atoms with Gasteiger partial charge in [0.05, 0.1) is 25.6 Å². The Bertz CT molecular complexity index is 1080. The summed E-state index contributed by atoms with van der Waals surface area (Å²) in [6, 6.07) is 14.5. The van der Waals surface area contributed by atoms with Crippen molar-refractivity contribution >= 4 is 29.9 Å². The number of rotatable bonds is 14. The zero-order chi connectivity index (χ0) is 27.9. The maximum Gasteiger partial charge on any atom is 0.408 e. The number of carbonyl (C=O) groups excluding carboxylic acids is 4. The lowest BCUT2D eigenvalue weighted by Gasteiger charge is -2.25. The van der Waals surface area contributed by atoms with E-state index in [1.165, 1.54) is 6.92 Å². The Kier molecular flexibility index (Phi) is 12.3. The van der Waals surface area contributed by atoms with Crippen LogP contribution in [0, 0.1) is 5.92 Å². The van der Waals surface area contributed by atoms with E-state index in [2.05, 4.69) is 10.6 Å². The van der Waals surface area contributed by atoms with Crippen molar-refractivity contribution in [3.8, 4) is 0 Å². The minimum absolute atomic E-state index is 0.00139. The van der Waals surface area contributed by atoms with Crippen molar-refractivity contribution in [1.29, 1.82) is 0 Å². The third-order valence-corrected chi connectivity index (χ3v) is 5.35. The molecule has 0 radical (unpaired) electrons. The number of amides is 2. The van der Waals surface area contributed by atoms with Gasteiger partial charge in [-0.25, -0.2) is 9.59 Å². The lowest BCUT2D eigenvalue weighted by molar-refractivity contribution is -0.160. The Morgan fingerprint density at radius 1 is 0.789 bits per heavy atom. The van der Waals surface area contributed by atoms with Crippen LogP contribution in [-0.4, -0.2) is 60.3 Å². The predicted octanol–water partition coefficient (Wildman–Crippen LogP) is 2.23. The summed E-state index contributed by atoms with van der Waals surface area (Å²) in [5, 5.41) is 14.6. The molecule has 11 heteroatoms. The van der Waals surface area contributed by atoms with Crippen molar-refractivity contribution in [1.82, 2.24) is 10.6 Å². The average Bonchev–Trinajstić information content (AvgIpc) is 2.90. The molecule has 2 aromatic carbocycles. The van der Waals surface area contributed by atoms with Gasteiger partial charge < -0.3 is 30.0 Å². The summed E-state index contributed by atoms with van der Waals surface area (Å²) >= 11 is 0. The number of esters is 2. The van der Waals surface area contributed by atoms with Crippen LogP contribution in [0.5, 0.6) is 0 Å². The number of carboxylic acid groups (broad SMARTS) is 1. The van der Waals surface area contributed by atoms with E-state index in [-0.39, 0.29) is 26.2 Å². The first-order valence-corrected chi connectivity index (χ1v) is 12.1. The Balaban J connectivity index is 2.23. The van der Waals surface area contributed by atoms with Crippen molar-refractivity contribution in [2.24, 2.45) is 5.92 Å². The molecule has 3 N–H and O–H groups in total. The summed E-state index contributed by atoms with van der Waals surface area (Å²) in [6.07, 6.45) is -1.52. The molecule has 0 aliphatic carbocycles. The predicted molar refractivity (Wildman–Crippen MR) is 135 cm³/mol. The smallest absolute Gasteiger partial charge is 0.408 e. The van der Waals surface area contributed by atoms with Gasteiger partial charge in [-0.1, -0.05) is 60.7 Å². The molecular formula is C27H32N2O9. The van der Waals surface area contributed by atoms with Crippen LogP contribution < -0.4 is 10.6 Å². The lowest BCUT2D eigenvalue weighted by atomic mass is 9.95. The van der Waals surface area contributed by atoms with Crippen molar-refractivity contribution in [2.45, 2.75) is 45.4 Å². The highest BCUT2D eigenvalue weighted by Gasteiger charge is 2.39. The molecule has 0 aliphatic heterocycles. The number of aliphatic carboxylic acids is 1. The van der Waals surface area contributed by atoms with Gasteiger partial charge in [0.15, 0.2) is 0 Å². The number of carboxylic acids is 1. The highest BCUT2D eigenvalue weighted by Crippen LogP contribution is 2.15. The largest absolute Gasteiger partial charge is 0.480 e. The number of hydrogen-bond acceptors (Lipinski definition) is 8. The second kappa shape index (κ2) is 15.6. The maximum atomic E-state index is 13.3. The summed E-state index contributed by atoms with van der Waals surface area (Å²) in [5.74, 6) is -5.82. The summed E-state index contributed by atoms with van der Waals surface area (Å²) in [4.78, 5) is 62.5. The molecule has 38 heavy (non-hydrogen) atoms. The standard InChI is InChI=1S/C27H32N2O9/c1-3-36-22(30)16-20(26(34)37-4-2)23(25(32)33)29-24(31)21(15-18-11-7-5-8-12-18)28-27(35)38-17-19-13-9-6-10-14-19/h5-14,20-21,23H,3-4,15-17H2,1-2H3,(H,28,35)(H,29,31)(H,32,33)/t20-,21+,23+/m0/s1. The number of nitrogens with one attached hydrogen (secondary N) is 2. The maximum absolute atomic E-state index is 13.3. The second-order valence-corrected chi connectivity index (χ2v) is 8.14. The third kappa shape index (κ3) is 9.92. The molecule has 2 amide bonds. The lowest BCUT2D eigenvalue weighted by Crippen LogP contribution is -2.56. The van der Waals surface area contributed by atoms with Crippen LogP contribution in [0.15, 0.2) is 60.7 Å². The highest BCUT2D eigenvalue weighted by atomic mass is 16.6. The Morgan fingerprint density at radius 3 is 1.92 bits per heavy atom. The first-order chi connectivity index (χ1) is 18.2. The molecular weight excluding hydrogens is 496 g/mol. The molecule has 2 rings (SSSR count). The van der Waals surface area contributed by atoms with E-state index >= 15 is 0 Å². The van der Waals surface area contributed by atoms with Gasteiger partial charge in [0.1, 0.15) is 18.7 Å². The van der Waals surface area contributed by atoms with Crippen molar-refractivity contribution < 1.29 is 43.3 Å². The first-order valence-electron chi connectivity index (χ1n) is 12.1. The molecule has 3 atom stereocenters. The van der Waals surface area contributed by atoms with Gasteiger partial charge in [0, 0.05) is 6.42 Å². The monoisotopic (exact) mass is 528 g/mol. The molecule has 0 unspecified atom stereocenters. The van der Waals surface area contributed by atoms with Crippen LogP contribution in [0.2, 0.25) is 0 Å². The fourth-order valence-corrected chi connectivity index (χ4v) is 3.54. The molecule has 0 aromatic heterocycles.